The zero-order chi connectivity index (χ0) is 21.8. The summed E-state index contributed by atoms with van der Waals surface area (Å²) in [6, 6.07) is 6.33. The van der Waals surface area contributed by atoms with Gasteiger partial charge in [-0.05, 0) is 18.6 Å². The lowest BCUT2D eigenvalue weighted by atomic mass is 10.1. The van der Waals surface area contributed by atoms with Crippen LogP contribution in [0.4, 0.5) is 0 Å². The maximum atomic E-state index is 12.9. The molecule has 0 aromatic heterocycles. The molecule has 4 amide bonds. The van der Waals surface area contributed by atoms with Crippen molar-refractivity contribution >= 4 is 29.6 Å². The maximum Gasteiger partial charge on any atom is 0.306 e. The summed E-state index contributed by atoms with van der Waals surface area (Å²) in [5.41, 5.74) is 0.596. The van der Waals surface area contributed by atoms with Crippen LogP contribution in [0.1, 0.15) is 53.3 Å². The fourth-order valence-corrected chi connectivity index (χ4v) is 3.85. The van der Waals surface area contributed by atoms with Gasteiger partial charge in [0.25, 0.3) is 11.8 Å². The van der Waals surface area contributed by atoms with Crippen LogP contribution in [0.2, 0.25) is 0 Å². The SMILES string of the molecule is CC[C@@H]1C[C@@H](OC(=O)CCC(=O)NC)CN1C(=O)CN1C(=O)c2ccccc2C1=O. The fourth-order valence-electron chi connectivity index (χ4n) is 3.85. The van der Waals surface area contributed by atoms with E-state index in [4.69, 9.17) is 4.74 Å². The monoisotopic (exact) mass is 415 g/mol. The van der Waals surface area contributed by atoms with Gasteiger partial charge >= 0.3 is 5.97 Å². The molecule has 30 heavy (non-hydrogen) atoms. The first-order chi connectivity index (χ1) is 14.3. The molecule has 2 atom stereocenters. The molecule has 1 fully saturated rings. The standard InChI is InChI=1S/C21H25N3O6/c1-3-13-10-14(30-19(27)9-8-17(25)22-2)11-23(13)18(26)12-24-20(28)15-6-4-5-7-16(15)21(24)29/h4-7,13-14H,3,8-12H2,1-2H3,(H,22,25)/t13-,14-/m1/s1. The summed E-state index contributed by atoms with van der Waals surface area (Å²) in [6.45, 7) is 1.77. The predicted octanol–water partition coefficient (Wildman–Crippen LogP) is 0.732. The topological polar surface area (TPSA) is 113 Å². The third-order valence-corrected chi connectivity index (χ3v) is 5.47. The highest BCUT2D eigenvalue weighted by Gasteiger charge is 2.41. The lowest BCUT2D eigenvalue weighted by Crippen LogP contribution is -2.44. The number of hydrogen-bond donors (Lipinski definition) is 1. The van der Waals surface area contributed by atoms with Gasteiger partial charge in [-0.15, -0.1) is 0 Å². The van der Waals surface area contributed by atoms with Crippen LogP contribution in [0.5, 0.6) is 0 Å². The number of likely N-dealkylation sites (tertiary alicyclic amines) is 1. The molecule has 1 aromatic rings. The smallest absolute Gasteiger partial charge is 0.306 e. The van der Waals surface area contributed by atoms with Crippen LogP contribution >= 0.6 is 0 Å². The van der Waals surface area contributed by atoms with Gasteiger partial charge in [0, 0.05) is 25.9 Å². The van der Waals surface area contributed by atoms with E-state index in [0.29, 0.717) is 24.0 Å². The van der Waals surface area contributed by atoms with Gasteiger partial charge in [-0.25, -0.2) is 0 Å². The summed E-state index contributed by atoms with van der Waals surface area (Å²) < 4.78 is 5.42. The highest BCUT2D eigenvalue weighted by atomic mass is 16.5. The molecule has 0 spiro atoms. The molecule has 3 rings (SSSR count). The second-order valence-electron chi connectivity index (χ2n) is 7.37. The molecule has 9 nitrogen and oxygen atoms in total. The number of rotatable bonds is 7. The quantitative estimate of drug-likeness (QED) is 0.519. The van der Waals surface area contributed by atoms with Crippen LogP contribution in [0.15, 0.2) is 24.3 Å². The Kier molecular flexibility index (Phi) is 6.49. The number of amides is 4. The van der Waals surface area contributed by atoms with E-state index in [-0.39, 0.29) is 43.8 Å². The Labute approximate surface area is 174 Å². The Morgan fingerprint density at radius 2 is 1.73 bits per heavy atom. The lowest BCUT2D eigenvalue weighted by Gasteiger charge is -2.25. The number of esters is 1. The number of carbonyl (C=O) groups excluding carboxylic acids is 5. The number of imide groups is 1. The highest BCUT2D eigenvalue weighted by Crippen LogP contribution is 2.26. The summed E-state index contributed by atoms with van der Waals surface area (Å²) in [5, 5.41) is 2.44. The van der Waals surface area contributed by atoms with Gasteiger partial charge < -0.3 is 15.0 Å². The third kappa shape index (κ3) is 4.34. The van der Waals surface area contributed by atoms with E-state index < -0.39 is 23.9 Å². The Bertz CT molecular complexity index is 848. The minimum Gasteiger partial charge on any atom is -0.460 e. The number of hydrogen-bond acceptors (Lipinski definition) is 6. The van der Waals surface area contributed by atoms with Crippen molar-refractivity contribution < 1.29 is 28.7 Å². The van der Waals surface area contributed by atoms with Crippen LogP contribution in [-0.4, -0.2) is 71.7 Å². The van der Waals surface area contributed by atoms with E-state index in [1.165, 1.54) is 7.05 Å². The zero-order valence-electron chi connectivity index (χ0n) is 17.1. The second-order valence-corrected chi connectivity index (χ2v) is 7.37. The summed E-state index contributed by atoms with van der Waals surface area (Å²) in [5.74, 6) is -2.06. The molecular weight excluding hydrogens is 390 g/mol. The summed E-state index contributed by atoms with van der Waals surface area (Å²) in [6.07, 6.45) is 0.673. The molecule has 0 aliphatic carbocycles. The van der Waals surface area contributed by atoms with Gasteiger partial charge in [-0.1, -0.05) is 19.1 Å². The molecule has 2 aliphatic rings. The highest BCUT2D eigenvalue weighted by molar-refractivity contribution is 6.22. The average molecular weight is 415 g/mol. The second kappa shape index (κ2) is 9.06. The Morgan fingerprint density at radius 3 is 2.30 bits per heavy atom. The fraction of sp³-hybridized carbons (Fsp3) is 0.476. The number of nitrogens with one attached hydrogen (secondary N) is 1. The van der Waals surface area contributed by atoms with Crippen molar-refractivity contribution in [1.82, 2.24) is 15.1 Å². The van der Waals surface area contributed by atoms with Gasteiger partial charge in [0.05, 0.1) is 24.1 Å². The van der Waals surface area contributed by atoms with Crippen LogP contribution in [0, 0.1) is 0 Å². The first-order valence-corrected chi connectivity index (χ1v) is 10.0. The molecule has 0 unspecified atom stereocenters. The summed E-state index contributed by atoms with van der Waals surface area (Å²) in [4.78, 5) is 63.7. The van der Waals surface area contributed by atoms with E-state index in [9.17, 15) is 24.0 Å². The molecule has 2 heterocycles. The third-order valence-electron chi connectivity index (χ3n) is 5.47. The largest absolute Gasteiger partial charge is 0.460 e. The zero-order valence-corrected chi connectivity index (χ0v) is 17.1. The van der Waals surface area contributed by atoms with E-state index >= 15 is 0 Å². The Balaban J connectivity index is 1.59. The van der Waals surface area contributed by atoms with Crippen molar-refractivity contribution in [1.29, 1.82) is 0 Å². The van der Waals surface area contributed by atoms with E-state index in [0.717, 1.165) is 4.90 Å². The molecule has 0 bridgehead atoms. The van der Waals surface area contributed by atoms with Gasteiger partial charge in [0.15, 0.2) is 0 Å². The van der Waals surface area contributed by atoms with E-state index in [1.807, 2.05) is 6.92 Å². The van der Waals surface area contributed by atoms with Crippen molar-refractivity contribution in [3.8, 4) is 0 Å². The number of nitrogens with zero attached hydrogens (tertiary/aromatic N) is 2. The molecule has 1 N–H and O–H groups in total. The molecule has 2 aliphatic heterocycles. The minimum absolute atomic E-state index is 0.0318. The maximum absolute atomic E-state index is 12.9. The number of ether oxygens (including phenoxy) is 1. The first-order valence-electron chi connectivity index (χ1n) is 10.0. The Hall–Kier alpha value is -3.23. The average Bonchev–Trinajstić information content (AvgIpc) is 3.26. The predicted molar refractivity (Wildman–Crippen MR) is 105 cm³/mol. The number of fused-ring (bicyclic) bond motifs is 1. The molecule has 0 saturated carbocycles. The molecule has 160 valence electrons. The van der Waals surface area contributed by atoms with Crippen molar-refractivity contribution in [3.05, 3.63) is 35.4 Å². The molecule has 1 saturated heterocycles. The van der Waals surface area contributed by atoms with Crippen molar-refractivity contribution in [2.75, 3.05) is 20.1 Å². The van der Waals surface area contributed by atoms with Crippen LogP contribution in [-0.2, 0) is 19.1 Å². The Morgan fingerprint density at radius 1 is 1.10 bits per heavy atom. The lowest BCUT2D eigenvalue weighted by molar-refractivity contribution is -0.150. The number of carbonyl (C=O) groups is 5. The van der Waals surface area contributed by atoms with Crippen molar-refractivity contribution in [2.45, 2.75) is 44.8 Å². The number of benzene rings is 1. The van der Waals surface area contributed by atoms with Gasteiger partial charge in [0.2, 0.25) is 11.8 Å². The molecule has 9 heteroatoms. The minimum atomic E-state index is -0.492. The van der Waals surface area contributed by atoms with Crippen LogP contribution in [0.25, 0.3) is 0 Å². The van der Waals surface area contributed by atoms with Gasteiger partial charge in [-0.2, -0.15) is 0 Å². The van der Waals surface area contributed by atoms with Crippen molar-refractivity contribution in [3.63, 3.8) is 0 Å². The molecule has 1 aromatic carbocycles. The van der Waals surface area contributed by atoms with Gasteiger partial charge in [-0.3, -0.25) is 28.9 Å². The normalized spacial score (nSPS) is 20.3. The summed E-state index contributed by atoms with van der Waals surface area (Å²) >= 11 is 0. The molecule has 0 radical (unpaired) electrons. The van der Waals surface area contributed by atoms with Crippen LogP contribution in [0.3, 0.4) is 0 Å². The van der Waals surface area contributed by atoms with E-state index in [1.54, 1.807) is 29.2 Å². The summed E-state index contributed by atoms with van der Waals surface area (Å²) in [7, 11) is 1.49. The van der Waals surface area contributed by atoms with Gasteiger partial charge in [0.1, 0.15) is 12.6 Å². The van der Waals surface area contributed by atoms with Crippen molar-refractivity contribution in [2.24, 2.45) is 0 Å². The van der Waals surface area contributed by atoms with E-state index in [2.05, 4.69) is 5.32 Å². The van der Waals surface area contributed by atoms with Crippen LogP contribution < -0.4 is 5.32 Å². The molecular formula is C21H25N3O6. The first kappa shape index (κ1) is 21.5.